The monoisotopic (exact) mass is 306 g/mol. The third-order valence-corrected chi connectivity index (χ3v) is 5.67. The van der Waals surface area contributed by atoms with Crippen LogP contribution < -0.4 is 5.32 Å². The quantitative estimate of drug-likeness (QED) is 0.908. The average Bonchev–Trinajstić information content (AvgIpc) is 3.13. The first kappa shape index (κ1) is 14.1. The van der Waals surface area contributed by atoms with E-state index in [2.05, 4.69) is 15.3 Å². The molecule has 1 saturated heterocycles. The van der Waals surface area contributed by atoms with Crippen molar-refractivity contribution in [3.63, 3.8) is 0 Å². The topological polar surface area (TPSA) is 78.1 Å². The summed E-state index contributed by atoms with van der Waals surface area (Å²) in [7, 11) is -3.41. The molecule has 0 aliphatic carbocycles. The summed E-state index contributed by atoms with van der Waals surface area (Å²) < 4.78 is 26.9. The molecule has 0 spiro atoms. The van der Waals surface area contributed by atoms with Crippen molar-refractivity contribution < 1.29 is 8.42 Å². The molecular formula is C14H18N4O2S. The Labute approximate surface area is 124 Å². The third kappa shape index (κ3) is 2.79. The molecule has 3 rings (SSSR count). The van der Waals surface area contributed by atoms with Crippen LogP contribution in [0.3, 0.4) is 0 Å². The Hall–Kier alpha value is -1.86. The number of aromatic amines is 1. The third-order valence-electron chi connectivity index (χ3n) is 3.63. The lowest BCUT2D eigenvalue weighted by Gasteiger charge is -2.18. The van der Waals surface area contributed by atoms with Crippen molar-refractivity contribution in [1.29, 1.82) is 0 Å². The molecule has 0 unspecified atom stereocenters. The molecule has 7 heteroatoms. The molecule has 0 amide bonds. The van der Waals surface area contributed by atoms with Gasteiger partial charge in [0.15, 0.2) is 0 Å². The number of hydrogen-bond acceptors (Lipinski definition) is 4. The van der Waals surface area contributed by atoms with E-state index in [4.69, 9.17) is 0 Å². The summed E-state index contributed by atoms with van der Waals surface area (Å²) >= 11 is 0. The zero-order chi connectivity index (χ0) is 14.9. The summed E-state index contributed by atoms with van der Waals surface area (Å²) in [6.07, 6.45) is 5.21. The van der Waals surface area contributed by atoms with Crippen LogP contribution in [-0.4, -0.2) is 35.8 Å². The van der Waals surface area contributed by atoms with Crippen molar-refractivity contribution in [3.05, 3.63) is 36.2 Å². The molecule has 0 atom stereocenters. The number of hydrogen-bond donors (Lipinski definition) is 2. The van der Waals surface area contributed by atoms with Crippen molar-refractivity contribution in [2.45, 2.75) is 24.7 Å². The van der Waals surface area contributed by atoms with Gasteiger partial charge >= 0.3 is 0 Å². The number of aromatic nitrogens is 2. The molecule has 1 fully saturated rings. The molecule has 1 aromatic heterocycles. The predicted octanol–water partition coefficient (Wildman–Crippen LogP) is 2.25. The summed E-state index contributed by atoms with van der Waals surface area (Å²) in [6.45, 7) is 3.04. The van der Waals surface area contributed by atoms with Crippen LogP contribution in [0.1, 0.15) is 18.4 Å². The molecule has 112 valence electrons. The van der Waals surface area contributed by atoms with E-state index in [9.17, 15) is 8.42 Å². The second kappa shape index (κ2) is 5.50. The molecule has 1 aromatic carbocycles. The number of nitrogens with zero attached hydrogens (tertiary/aromatic N) is 2. The maximum Gasteiger partial charge on any atom is 0.243 e. The number of H-pyrrole nitrogens is 1. The molecule has 2 aromatic rings. The van der Waals surface area contributed by atoms with Gasteiger partial charge < -0.3 is 10.3 Å². The summed E-state index contributed by atoms with van der Waals surface area (Å²) in [5.41, 5.74) is 1.46. The van der Waals surface area contributed by atoms with Crippen LogP contribution in [0.2, 0.25) is 0 Å². The molecule has 0 bridgehead atoms. The van der Waals surface area contributed by atoms with E-state index in [0.717, 1.165) is 18.4 Å². The van der Waals surface area contributed by atoms with Crippen LogP contribution in [-0.2, 0) is 10.0 Å². The lowest BCUT2D eigenvalue weighted by molar-refractivity contribution is 0.477. The highest BCUT2D eigenvalue weighted by Crippen LogP contribution is 2.27. The fourth-order valence-electron chi connectivity index (χ4n) is 2.49. The number of nitrogens with one attached hydrogen (secondary N) is 2. The van der Waals surface area contributed by atoms with Crippen molar-refractivity contribution >= 4 is 21.7 Å². The van der Waals surface area contributed by atoms with Gasteiger partial charge in [0.2, 0.25) is 16.0 Å². The second-order valence-electron chi connectivity index (χ2n) is 5.15. The molecule has 6 nitrogen and oxygen atoms in total. The number of imidazole rings is 1. The Morgan fingerprint density at radius 1 is 1.29 bits per heavy atom. The van der Waals surface area contributed by atoms with Crippen LogP contribution >= 0.6 is 0 Å². The number of rotatable bonds is 4. The maximum atomic E-state index is 12.7. The minimum Gasteiger partial charge on any atom is -0.331 e. The van der Waals surface area contributed by atoms with Gasteiger partial charge in [0, 0.05) is 31.2 Å². The van der Waals surface area contributed by atoms with Crippen molar-refractivity contribution in [2.75, 3.05) is 18.4 Å². The maximum absolute atomic E-state index is 12.7. The van der Waals surface area contributed by atoms with E-state index in [-0.39, 0.29) is 0 Å². The zero-order valence-corrected chi connectivity index (χ0v) is 12.7. The lowest BCUT2D eigenvalue weighted by atomic mass is 10.2. The largest absolute Gasteiger partial charge is 0.331 e. The van der Waals surface area contributed by atoms with Gasteiger partial charge in [-0.25, -0.2) is 13.4 Å². The number of anilines is 2. The van der Waals surface area contributed by atoms with Crippen LogP contribution in [0.4, 0.5) is 11.6 Å². The highest BCUT2D eigenvalue weighted by atomic mass is 32.2. The Bertz CT molecular complexity index is 719. The summed E-state index contributed by atoms with van der Waals surface area (Å²) in [6, 6.07) is 5.33. The minimum atomic E-state index is -3.41. The Balaban J connectivity index is 1.94. The van der Waals surface area contributed by atoms with Crippen LogP contribution in [0.25, 0.3) is 0 Å². The number of sulfonamides is 1. The molecule has 2 heterocycles. The highest BCUT2D eigenvalue weighted by Gasteiger charge is 2.28. The fourth-order valence-corrected chi connectivity index (χ4v) is 4.26. The van der Waals surface area contributed by atoms with Crippen molar-refractivity contribution in [2.24, 2.45) is 0 Å². The van der Waals surface area contributed by atoms with Crippen LogP contribution in [0, 0.1) is 6.92 Å². The van der Waals surface area contributed by atoms with Crippen LogP contribution in [0.5, 0.6) is 0 Å². The lowest BCUT2D eigenvalue weighted by Crippen LogP contribution is -2.28. The van der Waals surface area contributed by atoms with E-state index in [0.29, 0.717) is 29.6 Å². The number of aryl methyl sites for hydroxylation is 1. The van der Waals surface area contributed by atoms with Gasteiger partial charge in [-0.3, -0.25) is 0 Å². The molecule has 1 aliphatic rings. The predicted molar refractivity (Wildman–Crippen MR) is 81.0 cm³/mol. The molecular weight excluding hydrogens is 288 g/mol. The standard InChI is InChI=1S/C14H18N4O2S/c1-11-4-5-12(17-14-15-6-7-16-14)10-13(11)21(19,20)18-8-2-3-9-18/h4-7,10H,2-3,8-9H2,1H3,(H2,15,16,17). The van der Waals surface area contributed by atoms with Crippen molar-refractivity contribution in [3.8, 4) is 0 Å². The smallest absolute Gasteiger partial charge is 0.243 e. The Morgan fingerprint density at radius 2 is 2.05 bits per heavy atom. The summed E-state index contributed by atoms with van der Waals surface area (Å²) in [5, 5.41) is 3.06. The molecule has 0 saturated carbocycles. The van der Waals surface area contributed by atoms with Crippen LogP contribution in [0.15, 0.2) is 35.5 Å². The van der Waals surface area contributed by atoms with E-state index in [1.165, 1.54) is 0 Å². The summed E-state index contributed by atoms with van der Waals surface area (Å²) in [4.78, 5) is 7.37. The van der Waals surface area contributed by atoms with Gasteiger partial charge in [0.25, 0.3) is 0 Å². The van der Waals surface area contributed by atoms with Gasteiger partial charge in [-0.1, -0.05) is 6.07 Å². The van der Waals surface area contributed by atoms with Gasteiger partial charge in [-0.2, -0.15) is 4.31 Å². The average molecular weight is 306 g/mol. The van der Waals surface area contributed by atoms with Gasteiger partial charge in [-0.05, 0) is 37.5 Å². The molecule has 2 N–H and O–H groups in total. The SMILES string of the molecule is Cc1ccc(Nc2ncc[nH]2)cc1S(=O)(=O)N1CCCC1. The van der Waals surface area contributed by atoms with Gasteiger partial charge in [0.05, 0.1) is 4.90 Å². The van der Waals surface area contributed by atoms with Gasteiger partial charge in [0.1, 0.15) is 0 Å². The van der Waals surface area contributed by atoms with Gasteiger partial charge in [-0.15, -0.1) is 0 Å². The van der Waals surface area contributed by atoms with E-state index in [1.807, 2.05) is 19.1 Å². The normalized spacial score (nSPS) is 16.2. The minimum absolute atomic E-state index is 0.362. The van der Waals surface area contributed by atoms with Crippen molar-refractivity contribution in [1.82, 2.24) is 14.3 Å². The fraction of sp³-hybridized carbons (Fsp3) is 0.357. The van der Waals surface area contributed by atoms with E-state index >= 15 is 0 Å². The van der Waals surface area contributed by atoms with E-state index < -0.39 is 10.0 Å². The zero-order valence-electron chi connectivity index (χ0n) is 11.8. The molecule has 0 radical (unpaired) electrons. The first-order valence-corrected chi connectivity index (χ1v) is 8.38. The Kier molecular flexibility index (Phi) is 3.69. The number of benzene rings is 1. The first-order valence-electron chi connectivity index (χ1n) is 6.94. The van der Waals surface area contributed by atoms with E-state index in [1.54, 1.807) is 22.8 Å². The Morgan fingerprint density at radius 3 is 2.71 bits per heavy atom. The highest BCUT2D eigenvalue weighted by molar-refractivity contribution is 7.89. The summed E-state index contributed by atoms with van der Waals surface area (Å²) in [5.74, 6) is 0.586. The molecule has 1 aliphatic heterocycles. The second-order valence-corrected chi connectivity index (χ2v) is 7.06. The molecule has 21 heavy (non-hydrogen) atoms. The first-order chi connectivity index (χ1) is 10.1.